The van der Waals surface area contributed by atoms with Gasteiger partial charge in [0.1, 0.15) is 5.76 Å². The normalized spacial score (nSPS) is 11.7. The molecule has 0 aliphatic carbocycles. The molecule has 6 nitrogen and oxygen atoms in total. The number of hydrogen-bond acceptors (Lipinski definition) is 4. The van der Waals surface area contributed by atoms with Gasteiger partial charge < -0.3 is 9.73 Å². The Morgan fingerprint density at radius 2 is 1.95 bits per heavy atom. The summed E-state index contributed by atoms with van der Waals surface area (Å²) >= 11 is 0. The van der Waals surface area contributed by atoms with Crippen LogP contribution >= 0.6 is 0 Å². The fourth-order valence-electron chi connectivity index (χ4n) is 1.78. The van der Waals surface area contributed by atoms with Gasteiger partial charge in [0.05, 0.1) is 11.2 Å². The van der Waals surface area contributed by atoms with Crippen LogP contribution in [0.3, 0.4) is 0 Å². The number of nitrogens with one attached hydrogen (secondary N) is 1. The predicted octanol–water partition coefficient (Wildman–Crippen LogP) is 1.30. The first kappa shape index (κ1) is 16.0. The van der Waals surface area contributed by atoms with Crippen molar-refractivity contribution in [3.05, 3.63) is 60.1 Å². The van der Waals surface area contributed by atoms with Gasteiger partial charge in [0, 0.05) is 12.6 Å². The van der Waals surface area contributed by atoms with Crippen molar-refractivity contribution in [1.29, 1.82) is 0 Å². The highest BCUT2D eigenvalue weighted by molar-refractivity contribution is 7.89. The molecule has 0 spiro atoms. The minimum atomic E-state index is -3.67. The molecule has 3 N–H and O–H groups in total. The maximum atomic E-state index is 11.6. The Bertz CT molecular complexity index is 747. The van der Waals surface area contributed by atoms with Crippen LogP contribution in [0.25, 0.3) is 6.08 Å². The number of carbonyl (C=O) groups is 1. The number of primary sulfonamides is 1. The second-order valence-corrected chi connectivity index (χ2v) is 6.14. The van der Waals surface area contributed by atoms with Crippen molar-refractivity contribution >= 4 is 22.0 Å². The quantitative estimate of drug-likeness (QED) is 0.783. The lowest BCUT2D eigenvalue weighted by atomic mass is 10.1. The molecule has 1 heterocycles. The van der Waals surface area contributed by atoms with Gasteiger partial charge in [0.15, 0.2) is 0 Å². The lowest BCUT2D eigenvalue weighted by Gasteiger charge is -2.04. The van der Waals surface area contributed by atoms with E-state index in [-0.39, 0.29) is 10.8 Å². The SMILES string of the molecule is NS(=O)(=O)c1ccc(CCNC(=O)C=Cc2ccco2)cc1. The van der Waals surface area contributed by atoms with Crippen LogP contribution in [0.2, 0.25) is 0 Å². The predicted molar refractivity (Wildman–Crippen MR) is 82.3 cm³/mol. The molecule has 2 rings (SSSR count). The van der Waals surface area contributed by atoms with E-state index in [1.807, 2.05) is 0 Å². The molecule has 1 aromatic carbocycles. The molecule has 116 valence electrons. The average molecular weight is 320 g/mol. The van der Waals surface area contributed by atoms with Crippen LogP contribution in [0.15, 0.2) is 58.1 Å². The van der Waals surface area contributed by atoms with Crippen LogP contribution in [0, 0.1) is 0 Å². The molecule has 1 amide bonds. The van der Waals surface area contributed by atoms with Crippen LogP contribution in [0.5, 0.6) is 0 Å². The summed E-state index contributed by atoms with van der Waals surface area (Å²) in [6, 6.07) is 9.72. The zero-order chi connectivity index (χ0) is 16.0. The summed E-state index contributed by atoms with van der Waals surface area (Å²) in [5, 5.41) is 7.75. The molecule has 0 bridgehead atoms. The maximum Gasteiger partial charge on any atom is 0.244 e. The molecule has 0 aliphatic rings. The van der Waals surface area contributed by atoms with Crippen molar-refractivity contribution in [2.75, 3.05) is 6.54 Å². The molecule has 0 radical (unpaired) electrons. The Kier molecular flexibility index (Phi) is 5.13. The minimum absolute atomic E-state index is 0.0710. The molecule has 1 aromatic heterocycles. The third kappa shape index (κ3) is 4.87. The van der Waals surface area contributed by atoms with E-state index in [1.165, 1.54) is 24.5 Å². The standard InChI is InChI=1S/C15H16N2O4S/c16-22(19,20)14-6-3-12(4-7-14)9-10-17-15(18)8-5-13-2-1-11-21-13/h1-8,11H,9-10H2,(H,17,18)(H2,16,19,20). The van der Waals surface area contributed by atoms with Gasteiger partial charge in [-0.3, -0.25) is 4.79 Å². The van der Waals surface area contributed by atoms with Gasteiger partial charge in [-0.2, -0.15) is 0 Å². The summed E-state index contributed by atoms with van der Waals surface area (Å²) in [4.78, 5) is 11.6. The molecule has 0 fully saturated rings. The first-order valence-electron chi connectivity index (χ1n) is 6.56. The fourth-order valence-corrected chi connectivity index (χ4v) is 2.29. The highest BCUT2D eigenvalue weighted by Crippen LogP contribution is 2.09. The zero-order valence-electron chi connectivity index (χ0n) is 11.7. The summed E-state index contributed by atoms with van der Waals surface area (Å²) in [7, 11) is -3.67. The van der Waals surface area contributed by atoms with E-state index in [4.69, 9.17) is 9.56 Å². The molecular weight excluding hydrogens is 304 g/mol. The Hall–Kier alpha value is -2.38. The highest BCUT2D eigenvalue weighted by Gasteiger charge is 2.06. The van der Waals surface area contributed by atoms with Gasteiger partial charge in [-0.25, -0.2) is 13.6 Å². The van der Waals surface area contributed by atoms with Crippen LogP contribution in [0.1, 0.15) is 11.3 Å². The summed E-state index contributed by atoms with van der Waals surface area (Å²) in [5.74, 6) is 0.381. The number of benzene rings is 1. The average Bonchev–Trinajstić information content (AvgIpc) is 2.98. The van der Waals surface area contributed by atoms with Gasteiger partial charge >= 0.3 is 0 Å². The largest absolute Gasteiger partial charge is 0.465 e. The molecule has 7 heteroatoms. The zero-order valence-corrected chi connectivity index (χ0v) is 12.5. The number of hydrogen-bond donors (Lipinski definition) is 2. The number of amides is 1. The summed E-state index contributed by atoms with van der Waals surface area (Å²) in [5.41, 5.74) is 0.905. The molecule has 0 unspecified atom stereocenters. The van der Waals surface area contributed by atoms with Crippen molar-refractivity contribution in [3.63, 3.8) is 0 Å². The Labute approximate surface area is 128 Å². The molecule has 0 saturated carbocycles. The molecule has 22 heavy (non-hydrogen) atoms. The Balaban J connectivity index is 1.80. The number of rotatable bonds is 6. The molecule has 0 saturated heterocycles. The first-order chi connectivity index (χ1) is 10.4. The van der Waals surface area contributed by atoms with Crippen LogP contribution in [-0.2, 0) is 21.2 Å². The minimum Gasteiger partial charge on any atom is -0.465 e. The number of carbonyl (C=O) groups excluding carboxylic acids is 1. The van der Waals surface area contributed by atoms with Gasteiger partial charge in [-0.1, -0.05) is 12.1 Å². The fraction of sp³-hybridized carbons (Fsp3) is 0.133. The lowest BCUT2D eigenvalue weighted by Crippen LogP contribution is -2.23. The van der Waals surface area contributed by atoms with Crippen molar-refractivity contribution in [2.45, 2.75) is 11.3 Å². The second kappa shape index (κ2) is 7.06. The number of furan rings is 1. The van der Waals surface area contributed by atoms with Crippen molar-refractivity contribution < 1.29 is 17.6 Å². The van der Waals surface area contributed by atoms with E-state index in [1.54, 1.807) is 30.3 Å². The van der Waals surface area contributed by atoms with Crippen molar-refractivity contribution in [2.24, 2.45) is 5.14 Å². The summed E-state index contributed by atoms with van der Waals surface area (Å²) in [6.45, 7) is 0.441. The van der Waals surface area contributed by atoms with Gasteiger partial charge in [0.25, 0.3) is 0 Å². The Morgan fingerprint density at radius 3 is 2.55 bits per heavy atom. The molecule has 0 aliphatic heterocycles. The van der Waals surface area contributed by atoms with Crippen LogP contribution < -0.4 is 10.5 Å². The molecule has 0 atom stereocenters. The van der Waals surface area contributed by atoms with Crippen LogP contribution in [0.4, 0.5) is 0 Å². The summed E-state index contributed by atoms with van der Waals surface area (Å²) < 4.78 is 27.3. The van der Waals surface area contributed by atoms with E-state index in [9.17, 15) is 13.2 Å². The lowest BCUT2D eigenvalue weighted by molar-refractivity contribution is -0.116. The van der Waals surface area contributed by atoms with Gasteiger partial charge in [-0.15, -0.1) is 0 Å². The Morgan fingerprint density at radius 1 is 1.23 bits per heavy atom. The topological polar surface area (TPSA) is 102 Å². The maximum absolute atomic E-state index is 11.6. The van der Waals surface area contributed by atoms with E-state index >= 15 is 0 Å². The third-order valence-electron chi connectivity index (χ3n) is 2.91. The number of nitrogens with two attached hydrogens (primary N) is 1. The monoisotopic (exact) mass is 320 g/mol. The van der Waals surface area contributed by atoms with Crippen molar-refractivity contribution in [1.82, 2.24) is 5.32 Å². The van der Waals surface area contributed by atoms with E-state index < -0.39 is 10.0 Å². The smallest absolute Gasteiger partial charge is 0.244 e. The highest BCUT2D eigenvalue weighted by atomic mass is 32.2. The van der Waals surface area contributed by atoms with Gasteiger partial charge in [0.2, 0.25) is 15.9 Å². The first-order valence-corrected chi connectivity index (χ1v) is 8.11. The van der Waals surface area contributed by atoms with Gasteiger partial charge in [-0.05, 0) is 42.3 Å². The van der Waals surface area contributed by atoms with E-state index in [0.717, 1.165) is 5.56 Å². The summed E-state index contributed by atoms with van der Waals surface area (Å²) in [6.07, 6.45) is 5.09. The van der Waals surface area contributed by atoms with Crippen LogP contribution in [-0.4, -0.2) is 20.9 Å². The second-order valence-electron chi connectivity index (χ2n) is 4.58. The number of sulfonamides is 1. The van der Waals surface area contributed by atoms with Crippen molar-refractivity contribution in [3.8, 4) is 0 Å². The third-order valence-corrected chi connectivity index (χ3v) is 3.84. The van der Waals surface area contributed by atoms with E-state index in [2.05, 4.69) is 5.32 Å². The van der Waals surface area contributed by atoms with E-state index in [0.29, 0.717) is 18.7 Å². The molecular formula is C15H16N2O4S. The molecule has 2 aromatic rings.